The third-order valence-corrected chi connectivity index (χ3v) is 19.2. The second kappa shape index (κ2) is 75.5. The van der Waals surface area contributed by atoms with Crippen molar-refractivity contribution >= 4 is 39.5 Å². The first-order valence-corrected chi connectivity index (χ1v) is 43.8. The van der Waals surface area contributed by atoms with Crippen LogP contribution in [0.25, 0.3) is 0 Å². The van der Waals surface area contributed by atoms with Gasteiger partial charge in [-0.3, -0.25) is 37.3 Å². The number of unbranched alkanes of at least 4 members (excludes halogenated alkanes) is 37. The number of phosphoric ester groups is 2. The molecule has 0 spiro atoms. The Morgan fingerprint density at radius 3 is 0.824 bits per heavy atom. The van der Waals surface area contributed by atoms with Gasteiger partial charge in [-0.05, 0) is 116 Å². The lowest BCUT2D eigenvalue weighted by Gasteiger charge is -2.21. The smallest absolute Gasteiger partial charge is 0.462 e. The van der Waals surface area contributed by atoms with Crippen LogP contribution in [0.5, 0.6) is 0 Å². The van der Waals surface area contributed by atoms with Gasteiger partial charge in [-0.25, -0.2) is 9.13 Å². The van der Waals surface area contributed by atoms with E-state index in [1.165, 1.54) is 154 Å². The molecule has 0 aromatic rings. The van der Waals surface area contributed by atoms with Gasteiger partial charge in [0.2, 0.25) is 0 Å². The first kappa shape index (κ1) is 98.2. The van der Waals surface area contributed by atoms with Gasteiger partial charge in [0, 0.05) is 25.7 Å². The summed E-state index contributed by atoms with van der Waals surface area (Å²) in [5, 5.41) is 10.6. The van der Waals surface area contributed by atoms with E-state index in [1.807, 2.05) is 18.2 Å². The molecule has 0 aliphatic rings. The molecule has 0 radical (unpaired) electrons. The van der Waals surface area contributed by atoms with Crippen LogP contribution in [0.15, 0.2) is 85.1 Å². The number of phosphoric acid groups is 2. The molecule has 592 valence electrons. The Bertz CT molecular complexity index is 2260. The Hall–Kier alpha value is -3.76. The number of hydrogen-bond acceptors (Lipinski definition) is 15. The van der Waals surface area contributed by atoms with Crippen molar-refractivity contribution in [1.82, 2.24) is 0 Å². The first-order valence-electron chi connectivity index (χ1n) is 40.8. The lowest BCUT2D eigenvalue weighted by Crippen LogP contribution is -2.30. The Morgan fingerprint density at radius 1 is 0.275 bits per heavy atom. The summed E-state index contributed by atoms with van der Waals surface area (Å²) in [6, 6.07) is 0. The largest absolute Gasteiger partial charge is 0.472 e. The molecule has 0 bridgehead atoms. The molecule has 17 nitrogen and oxygen atoms in total. The van der Waals surface area contributed by atoms with Crippen molar-refractivity contribution in [3.8, 4) is 0 Å². The van der Waals surface area contributed by atoms with E-state index in [2.05, 4.69) is 94.5 Å². The Kier molecular flexibility index (Phi) is 72.7. The minimum Gasteiger partial charge on any atom is -0.462 e. The van der Waals surface area contributed by atoms with Gasteiger partial charge in [-0.1, -0.05) is 305 Å². The normalized spacial score (nSPS) is 14.3. The van der Waals surface area contributed by atoms with Gasteiger partial charge in [-0.2, -0.15) is 0 Å². The second-order valence-electron chi connectivity index (χ2n) is 27.4. The number of carbonyl (C=O) groups excluding carboxylic acids is 4. The lowest BCUT2D eigenvalue weighted by atomic mass is 10.0. The van der Waals surface area contributed by atoms with Crippen LogP contribution >= 0.6 is 15.6 Å². The molecule has 19 heteroatoms. The van der Waals surface area contributed by atoms with Crippen molar-refractivity contribution in [2.75, 3.05) is 39.6 Å². The van der Waals surface area contributed by atoms with Crippen LogP contribution in [0.3, 0.4) is 0 Å². The van der Waals surface area contributed by atoms with E-state index in [1.54, 1.807) is 0 Å². The average Bonchev–Trinajstić information content (AvgIpc) is 0.924. The number of aliphatic hydroxyl groups excluding tert-OH is 1. The fraction of sp³-hybridized carbons (Fsp3) is 0.783. The zero-order chi connectivity index (χ0) is 74.6. The zero-order valence-corrected chi connectivity index (χ0v) is 66.6. The van der Waals surface area contributed by atoms with Gasteiger partial charge in [0.05, 0.1) is 26.4 Å². The zero-order valence-electron chi connectivity index (χ0n) is 64.8. The fourth-order valence-electron chi connectivity index (χ4n) is 11.1. The topological polar surface area (TPSA) is 237 Å². The van der Waals surface area contributed by atoms with Crippen LogP contribution in [0.2, 0.25) is 0 Å². The van der Waals surface area contributed by atoms with Crippen LogP contribution in [0.4, 0.5) is 0 Å². The molecule has 0 fully saturated rings. The summed E-state index contributed by atoms with van der Waals surface area (Å²) in [6.07, 6.45) is 78.6. The van der Waals surface area contributed by atoms with Crippen LogP contribution in [0.1, 0.15) is 362 Å². The van der Waals surface area contributed by atoms with Gasteiger partial charge in [0.25, 0.3) is 0 Å². The van der Waals surface area contributed by atoms with Crippen molar-refractivity contribution in [3.05, 3.63) is 85.1 Å². The molecular weight excluding hydrogens is 1330 g/mol. The fourth-order valence-corrected chi connectivity index (χ4v) is 12.7. The van der Waals surface area contributed by atoms with E-state index in [0.29, 0.717) is 32.1 Å². The minimum atomic E-state index is -4.99. The minimum absolute atomic E-state index is 0.0257. The highest BCUT2D eigenvalue weighted by molar-refractivity contribution is 7.47. The first-order chi connectivity index (χ1) is 49.7. The second-order valence-corrected chi connectivity index (χ2v) is 30.3. The summed E-state index contributed by atoms with van der Waals surface area (Å²) in [5.74, 6) is -2.26. The van der Waals surface area contributed by atoms with Crippen LogP contribution in [-0.4, -0.2) is 96.7 Å². The van der Waals surface area contributed by atoms with Crippen molar-refractivity contribution in [2.24, 2.45) is 0 Å². The third kappa shape index (κ3) is 74.5. The summed E-state index contributed by atoms with van der Waals surface area (Å²) in [5.41, 5.74) is 0. The molecule has 0 aromatic carbocycles. The Labute approximate surface area is 621 Å². The molecule has 5 atom stereocenters. The molecule has 0 saturated carbocycles. The summed E-state index contributed by atoms with van der Waals surface area (Å²) in [4.78, 5) is 73.0. The molecule has 0 saturated heterocycles. The number of rotatable bonds is 77. The highest BCUT2D eigenvalue weighted by atomic mass is 31.2. The number of esters is 4. The van der Waals surface area contributed by atoms with Gasteiger partial charge in [0.15, 0.2) is 12.2 Å². The third-order valence-electron chi connectivity index (χ3n) is 17.3. The van der Waals surface area contributed by atoms with E-state index in [9.17, 15) is 43.2 Å². The molecule has 2 unspecified atom stereocenters. The van der Waals surface area contributed by atoms with Gasteiger partial charge in [-0.15, -0.1) is 0 Å². The summed E-state index contributed by atoms with van der Waals surface area (Å²) in [6.45, 7) is 4.79. The number of aliphatic hydroxyl groups is 1. The summed E-state index contributed by atoms with van der Waals surface area (Å²) < 4.78 is 68.5. The number of allylic oxidation sites excluding steroid dienone is 14. The molecule has 0 amide bonds. The van der Waals surface area contributed by atoms with Crippen molar-refractivity contribution < 1.29 is 80.2 Å². The quantitative estimate of drug-likeness (QED) is 0.0169. The molecular formula is C83H148O17P2. The molecule has 0 heterocycles. The van der Waals surface area contributed by atoms with Crippen LogP contribution < -0.4 is 0 Å². The number of ether oxygens (including phenoxy) is 4. The van der Waals surface area contributed by atoms with E-state index in [4.69, 9.17) is 37.0 Å². The monoisotopic (exact) mass is 1480 g/mol. The standard InChI is InChI=1S/C83H148O17P2/c1-5-9-13-17-21-25-29-33-36-37-38-39-42-46-50-54-58-62-66-70-83(88)100-78(73-93-80(85)67-63-59-55-51-47-43-32-28-24-20-16-12-8-4)75-97-101(89,90)95-71-77(84)72-96-102(91,92)98-76-79(99-82(87)69-65-61-57-53-49-45-41-35-31-27-23-19-15-11-7-3)74-94-81(86)68-64-60-56-52-48-44-40-34-30-26-22-18-14-10-6-2/h21,25,33-36,38-41,46,50,58,62,77-79,84H,5-20,22-24,26-32,37,42-45,47-49,51-57,59-61,63-76H2,1-4H3,(H,89,90)(H,91,92)/b25-21-,36-33-,39-38-,40-34-,41-35-,50-46-,62-58-/t77-,78+,79+/m0/s1. The number of carbonyl (C=O) groups is 4. The van der Waals surface area contributed by atoms with E-state index in [-0.39, 0.29) is 25.7 Å². The maximum absolute atomic E-state index is 13.1. The number of hydrogen-bond donors (Lipinski definition) is 3. The predicted octanol–water partition coefficient (Wildman–Crippen LogP) is 23.8. The molecule has 0 rings (SSSR count). The maximum atomic E-state index is 13.1. The maximum Gasteiger partial charge on any atom is 0.472 e. The highest BCUT2D eigenvalue weighted by Crippen LogP contribution is 2.45. The van der Waals surface area contributed by atoms with Crippen molar-refractivity contribution in [1.29, 1.82) is 0 Å². The van der Waals surface area contributed by atoms with E-state index in [0.717, 1.165) is 122 Å². The summed E-state index contributed by atoms with van der Waals surface area (Å²) >= 11 is 0. The van der Waals surface area contributed by atoms with E-state index >= 15 is 0 Å². The molecule has 3 N–H and O–H groups in total. The van der Waals surface area contributed by atoms with Crippen LogP contribution in [-0.2, 0) is 65.4 Å². The van der Waals surface area contributed by atoms with Gasteiger partial charge < -0.3 is 33.8 Å². The van der Waals surface area contributed by atoms with Crippen molar-refractivity contribution in [2.45, 2.75) is 380 Å². The van der Waals surface area contributed by atoms with Gasteiger partial charge in [0.1, 0.15) is 19.3 Å². The Morgan fingerprint density at radius 2 is 0.500 bits per heavy atom. The lowest BCUT2D eigenvalue weighted by molar-refractivity contribution is -0.161. The van der Waals surface area contributed by atoms with Gasteiger partial charge >= 0.3 is 39.5 Å². The van der Waals surface area contributed by atoms with Crippen LogP contribution in [0, 0.1) is 0 Å². The molecule has 102 heavy (non-hydrogen) atoms. The molecule has 0 aliphatic heterocycles. The summed E-state index contributed by atoms with van der Waals surface area (Å²) in [7, 11) is -9.97. The predicted molar refractivity (Wildman–Crippen MR) is 418 cm³/mol. The molecule has 0 aromatic heterocycles. The highest BCUT2D eigenvalue weighted by Gasteiger charge is 2.30. The van der Waals surface area contributed by atoms with E-state index < -0.39 is 97.5 Å². The molecule has 0 aliphatic carbocycles. The average molecular weight is 1480 g/mol. The van der Waals surface area contributed by atoms with Crippen molar-refractivity contribution in [3.63, 3.8) is 0 Å². The Balaban J connectivity index is 5.41. The SMILES string of the molecule is CCCCC/C=C\C/C=C\C/C=C\C/C=C\C/C=C\CCC(=O)O[C@H](COC(=O)CCCCCCCCCCCCCCC)COP(=O)(O)OC[C@H](O)COP(=O)(O)OC[C@@H](COC(=O)CCCCCCC/C=C\CCCCCCCC)OC(=O)CCCCCCC/C=C\CCCCCCCC.